The van der Waals surface area contributed by atoms with Crippen LogP contribution in [0.1, 0.15) is 24.2 Å². The quantitative estimate of drug-likeness (QED) is 0.705. The van der Waals surface area contributed by atoms with Crippen molar-refractivity contribution in [3.63, 3.8) is 0 Å². The summed E-state index contributed by atoms with van der Waals surface area (Å²) in [7, 11) is 0. The normalized spacial score (nSPS) is 22.0. The number of nitrogens with zero attached hydrogens (tertiary/aromatic N) is 1. The predicted octanol–water partition coefficient (Wildman–Crippen LogP) is 1.26. The van der Waals surface area contributed by atoms with Gasteiger partial charge in [-0.1, -0.05) is 19.1 Å². The summed E-state index contributed by atoms with van der Waals surface area (Å²) >= 11 is 0. The summed E-state index contributed by atoms with van der Waals surface area (Å²) in [6.07, 6.45) is -0.467. The number of phenols is 1. The van der Waals surface area contributed by atoms with Crippen LogP contribution in [0.5, 0.6) is 5.75 Å². The maximum atomic E-state index is 9.83. The molecule has 0 bridgehead atoms. The largest absolute Gasteiger partial charge is 0.508 e. The number of rotatable bonds is 1. The van der Waals surface area contributed by atoms with Crippen LogP contribution in [0.2, 0.25) is 0 Å². The minimum atomic E-state index is -0.467. The summed E-state index contributed by atoms with van der Waals surface area (Å²) in [6, 6.07) is 5.33. The van der Waals surface area contributed by atoms with Gasteiger partial charge in [0.1, 0.15) is 5.75 Å². The van der Waals surface area contributed by atoms with Gasteiger partial charge >= 0.3 is 0 Å². The first kappa shape index (κ1) is 9.49. The third-order valence-corrected chi connectivity index (χ3v) is 2.81. The van der Waals surface area contributed by atoms with Crippen LogP contribution in [0, 0.1) is 0 Å². The summed E-state index contributed by atoms with van der Waals surface area (Å²) in [4.78, 5) is 2.12. The van der Waals surface area contributed by atoms with Crippen molar-refractivity contribution < 1.29 is 10.2 Å². The van der Waals surface area contributed by atoms with Crippen molar-refractivity contribution in [1.29, 1.82) is 0 Å². The molecular formula is C11H15NO2. The van der Waals surface area contributed by atoms with Crippen molar-refractivity contribution in [2.24, 2.45) is 0 Å². The molecule has 3 nitrogen and oxygen atoms in total. The molecule has 2 rings (SSSR count). The minimum absolute atomic E-state index is 0.291. The molecule has 0 aliphatic carbocycles. The molecule has 1 aliphatic heterocycles. The Labute approximate surface area is 83.6 Å². The van der Waals surface area contributed by atoms with Crippen LogP contribution in [0.3, 0.4) is 0 Å². The number of likely N-dealkylation sites (N-methyl/N-ethyl adjacent to an activating group) is 1. The fourth-order valence-electron chi connectivity index (χ4n) is 1.95. The number of benzene rings is 1. The number of β-amino-alcohol motifs (C(OH)–C–C–N with tert-alkyl or cyclic N) is 1. The minimum Gasteiger partial charge on any atom is -0.508 e. The van der Waals surface area contributed by atoms with Crippen LogP contribution in [0.25, 0.3) is 0 Å². The fourth-order valence-corrected chi connectivity index (χ4v) is 1.95. The third kappa shape index (κ3) is 1.49. The molecule has 0 fully saturated rings. The van der Waals surface area contributed by atoms with Gasteiger partial charge in [-0.2, -0.15) is 0 Å². The van der Waals surface area contributed by atoms with Crippen molar-refractivity contribution in [3.05, 3.63) is 29.3 Å². The molecule has 0 spiro atoms. The van der Waals surface area contributed by atoms with E-state index < -0.39 is 6.10 Å². The number of hydrogen-bond acceptors (Lipinski definition) is 3. The SMILES string of the molecule is CCN1Cc2c(O)cccc2C(O)C1. The molecular weight excluding hydrogens is 178 g/mol. The Balaban J connectivity index is 2.40. The van der Waals surface area contributed by atoms with E-state index in [0.29, 0.717) is 12.3 Å². The smallest absolute Gasteiger partial charge is 0.120 e. The van der Waals surface area contributed by atoms with Gasteiger partial charge in [0.05, 0.1) is 6.10 Å². The lowest BCUT2D eigenvalue weighted by Crippen LogP contribution is -2.33. The highest BCUT2D eigenvalue weighted by Crippen LogP contribution is 2.31. The second-order valence-electron chi connectivity index (χ2n) is 3.69. The Kier molecular flexibility index (Phi) is 2.44. The lowest BCUT2D eigenvalue weighted by molar-refractivity contribution is 0.0945. The maximum Gasteiger partial charge on any atom is 0.120 e. The average molecular weight is 193 g/mol. The van der Waals surface area contributed by atoms with Crippen LogP contribution in [-0.2, 0) is 6.54 Å². The molecule has 1 heterocycles. The van der Waals surface area contributed by atoms with E-state index in [2.05, 4.69) is 11.8 Å². The van der Waals surface area contributed by atoms with Gasteiger partial charge in [-0.3, -0.25) is 4.90 Å². The van der Waals surface area contributed by atoms with Crippen molar-refractivity contribution >= 4 is 0 Å². The molecule has 0 saturated heterocycles. The Morgan fingerprint density at radius 1 is 1.50 bits per heavy atom. The Morgan fingerprint density at radius 2 is 2.29 bits per heavy atom. The number of aromatic hydroxyl groups is 1. The topological polar surface area (TPSA) is 43.7 Å². The van der Waals surface area contributed by atoms with Gasteiger partial charge in [0.15, 0.2) is 0 Å². The maximum absolute atomic E-state index is 9.83. The van der Waals surface area contributed by atoms with Gasteiger partial charge in [0, 0.05) is 18.7 Å². The molecule has 2 N–H and O–H groups in total. The van der Waals surface area contributed by atoms with E-state index >= 15 is 0 Å². The summed E-state index contributed by atoms with van der Waals surface area (Å²) in [5.74, 6) is 0.291. The van der Waals surface area contributed by atoms with Crippen LogP contribution in [-0.4, -0.2) is 28.2 Å². The molecule has 1 aromatic carbocycles. The van der Waals surface area contributed by atoms with Gasteiger partial charge in [-0.15, -0.1) is 0 Å². The summed E-state index contributed by atoms with van der Waals surface area (Å²) < 4.78 is 0. The van der Waals surface area contributed by atoms with Crippen molar-refractivity contribution in [2.75, 3.05) is 13.1 Å². The van der Waals surface area contributed by atoms with Gasteiger partial charge < -0.3 is 10.2 Å². The highest BCUT2D eigenvalue weighted by atomic mass is 16.3. The fraction of sp³-hybridized carbons (Fsp3) is 0.455. The monoisotopic (exact) mass is 193 g/mol. The molecule has 1 aromatic rings. The van der Waals surface area contributed by atoms with Crippen LogP contribution >= 0.6 is 0 Å². The summed E-state index contributed by atoms with van der Waals surface area (Å²) in [5, 5.41) is 19.5. The zero-order valence-corrected chi connectivity index (χ0v) is 8.27. The summed E-state index contributed by atoms with van der Waals surface area (Å²) in [6.45, 7) is 4.34. The standard InChI is InChI=1S/C11H15NO2/c1-2-12-6-9-8(11(14)7-12)4-3-5-10(9)13/h3-5,11,13-14H,2,6-7H2,1H3. The van der Waals surface area contributed by atoms with Crippen LogP contribution in [0.15, 0.2) is 18.2 Å². The van der Waals surface area contributed by atoms with E-state index in [1.54, 1.807) is 12.1 Å². The Hall–Kier alpha value is -1.06. The van der Waals surface area contributed by atoms with Crippen molar-refractivity contribution in [2.45, 2.75) is 19.6 Å². The average Bonchev–Trinajstić information content (AvgIpc) is 2.19. The van der Waals surface area contributed by atoms with Gasteiger partial charge in [0.25, 0.3) is 0 Å². The number of aliphatic hydroxyl groups excluding tert-OH is 1. The first-order valence-corrected chi connectivity index (χ1v) is 4.93. The second-order valence-corrected chi connectivity index (χ2v) is 3.69. The highest BCUT2D eigenvalue weighted by Gasteiger charge is 2.24. The first-order valence-electron chi connectivity index (χ1n) is 4.93. The van der Waals surface area contributed by atoms with Crippen molar-refractivity contribution in [3.8, 4) is 5.75 Å². The summed E-state index contributed by atoms with van der Waals surface area (Å²) in [5.41, 5.74) is 1.74. The predicted molar refractivity (Wildman–Crippen MR) is 54.0 cm³/mol. The van der Waals surface area contributed by atoms with E-state index in [1.165, 1.54) is 0 Å². The van der Waals surface area contributed by atoms with Crippen LogP contribution < -0.4 is 0 Å². The molecule has 14 heavy (non-hydrogen) atoms. The van der Waals surface area contributed by atoms with Crippen LogP contribution in [0.4, 0.5) is 0 Å². The zero-order valence-electron chi connectivity index (χ0n) is 8.27. The first-order chi connectivity index (χ1) is 6.72. The van der Waals surface area contributed by atoms with E-state index in [4.69, 9.17) is 0 Å². The molecule has 1 unspecified atom stereocenters. The Morgan fingerprint density at radius 3 is 3.00 bits per heavy atom. The van der Waals surface area contributed by atoms with Crippen molar-refractivity contribution in [1.82, 2.24) is 4.90 Å². The number of aliphatic hydroxyl groups is 1. The molecule has 0 aromatic heterocycles. The van der Waals surface area contributed by atoms with Gasteiger partial charge in [-0.25, -0.2) is 0 Å². The molecule has 1 atom stereocenters. The lowest BCUT2D eigenvalue weighted by Gasteiger charge is -2.31. The Bertz CT molecular complexity index is 338. The van der Waals surface area contributed by atoms with E-state index in [-0.39, 0.29) is 0 Å². The molecule has 3 heteroatoms. The number of fused-ring (bicyclic) bond motifs is 1. The molecule has 0 amide bonds. The highest BCUT2D eigenvalue weighted by molar-refractivity contribution is 5.41. The number of hydrogen-bond donors (Lipinski definition) is 2. The molecule has 0 radical (unpaired) electrons. The second kappa shape index (κ2) is 3.59. The van der Waals surface area contributed by atoms with E-state index in [0.717, 1.165) is 24.2 Å². The van der Waals surface area contributed by atoms with E-state index in [9.17, 15) is 10.2 Å². The molecule has 1 aliphatic rings. The van der Waals surface area contributed by atoms with Gasteiger partial charge in [0.2, 0.25) is 0 Å². The lowest BCUT2D eigenvalue weighted by atomic mass is 9.96. The van der Waals surface area contributed by atoms with Gasteiger partial charge in [-0.05, 0) is 18.2 Å². The third-order valence-electron chi connectivity index (χ3n) is 2.81. The zero-order chi connectivity index (χ0) is 10.1. The van der Waals surface area contributed by atoms with E-state index in [1.807, 2.05) is 6.07 Å². The number of phenolic OH excluding ortho intramolecular Hbond substituents is 1. The molecule has 0 saturated carbocycles. The molecule has 76 valence electrons.